The van der Waals surface area contributed by atoms with Crippen LogP contribution in [-0.2, 0) is 4.79 Å². The van der Waals surface area contributed by atoms with E-state index in [4.69, 9.17) is 0 Å². The molecule has 0 atom stereocenters. The van der Waals surface area contributed by atoms with E-state index in [1.165, 1.54) is 18.4 Å². The van der Waals surface area contributed by atoms with Crippen LogP contribution in [0.5, 0.6) is 0 Å². The van der Waals surface area contributed by atoms with Gasteiger partial charge >= 0.3 is 0 Å². The molecule has 1 aliphatic heterocycles. The molecule has 1 amide bonds. The van der Waals surface area contributed by atoms with Gasteiger partial charge in [0.1, 0.15) is 0 Å². The predicted molar refractivity (Wildman–Crippen MR) is 33.8 cm³/mol. The maximum absolute atomic E-state index is 10.6. The molecule has 9 heavy (non-hydrogen) atoms. The predicted octanol–water partition coefficient (Wildman–Crippen LogP) is 0.453. The summed E-state index contributed by atoms with van der Waals surface area (Å²) in [5.74, 6) is 0.848. The van der Waals surface area contributed by atoms with Crippen molar-refractivity contribution in [3.63, 3.8) is 0 Å². The third-order valence-corrected chi connectivity index (χ3v) is 1.88. The van der Waals surface area contributed by atoms with Gasteiger partial charge in [-0.2, -0.15) is 0 Å². The standard InChI is InChI=1S/C7H9NO/c9-7-3-6(4-8-7)5-1-2-5/h3,5H,1-2,4H2,(H,8,9). The van der Waals surface area contributed by atoms with Crippen LogP contribution in [0.25, 0.3) is 0 Å². The molecule has 0 aromatic heterocycles. The number of hydrogen-bond donors (Lipinski definition) is 1. The minimum absolute atomic E-state index is 0.0944. The number of nitrogens with one attached hydrogen (secondary N) is 1. The van der Waals surface area contributed by atoms with Crippen molar-refractivity contribution >= 4 is 5.91 Å². The van der Waals surface area contributed by atoms with Crippen LogP contribution in [-0.4, -0.2) is 12.5 Å². The molecular weight excluding hydrogens is 114 g/mol. The molecule has 2 heteroatoms. The Kier molecular flexibility index (Phi) is 0.891. The first-order valence-corrected chi connectivity index (χ1v) is 3.34. The van der Waals surface area contributed by atoms with Gasteiger partial charge in [0, 0.05) is 12.6 Å². The lowest BCUT2D eigenvalue weighted by Gasteiger charge is -1.92. The zero-order valence-corrected chi connectivity index (χ0v) is 5.18. The highest BCUT2D eigenvalue weighted by molar-refractivity contribution is 5.91. The van der Waals surface area contributed by atoms with E-state index in [9.17, 15) is 4.79 Å². The summed E-state index contributed by atoms with van der Waals surface area (Å²) in [6, 6.07) is 0. The summed E-state index contributed by atoms with van der Waals surface area (Å²) in [6.45, 7) is 0.809. The van der Waals surface area contributed by atoms with Crippen molar-refractivity contribution in [3.8, 4) is 0 Å². The fourth-order valence-electron chi connectivity index (χ4n) is 1.18. The number of carbonyl (C=O) groups is 1. The van der Waals surface area contributed by atoms with E-state index < -0.39 is 0 Å². The van der Waals surface area contributed by atoms with Gasteiger partial charge in [-0.05, 0) is 24.3 Å². The van der Waals surface area contributed by atoms with Crippen molar-refractivity contribution in [2.45, 2.75) is 12.8 Å². The second-order valence-electron chi connectivity index (χ2n) is 2.71. The van der Waals surface area contributed by atoms with Crippen LogP contribution in [0.3, 0.4) is 0 Å². The summed E-state index contributed by atoms with van der Waals surface area (Å²) < 4.78 is 0. The van der Waals surface area contributed by atoms with Crippen molar-refractivity contribution in [2.75, 3.05) is 6.54 Å². The first-order valence-electron chi connectivity index (χ1n) is 3.34. The summed E-state index contributed by atoms with van der Waals surface area (Å²) in [4.78, 5) is 10.6. The Balaban J connectivity index is 2.11. The molecule has 0 radical (unpaired) electrons. The van der Waals surface area contributed by atoms with Gasteiger partial charge in [0.15, 0.2) is 0 Å². The molecular formula is C7H9NO. The van der Waals surface area contributed by atoms with E-state index in [2.05, 4.69) is 5.32 Å². The van der Waals surface area contributed by atoms with Gasteiger partial charge in [0.25, 0.3) is 0 Å². The summed E-state index contributed by atoms with van der Waals surface area (Å²) in [6.07, 6.45) is 4.33. The molecule has 0 aromatic carbocycles. The van der Waals surface area contributed by atoms with E-state index in [0.29, 0.717) is 0 Å². The molecule has 1 saturated carbocycles. The Morgan fingerprint density at radius 3 is 2.78 bits per heavy atom. The summed E-state index contributed by atoms with van der Waals surface area (Å²) in [5, 5.41) is 2.76. The van der Waals surface area contributed by atoms with E-state index >= 15 is 0 Å². The molecule has 2 aliphatic rings. The molecule has 0 spiro atoms. The molecule has 1 aliphatic carbocycles. The zero-order chi connectivity index (χ0) is 6.27. The van der Waals surface area contributed by atoms with Gasteiger partial charge in [-0.25, -0.2) is 0 Å². The van der Waals surface area contributed by atoms with E-state index in [1.807, 2.05) is 0 Å². The van der Waals surface area contributed by atoms with E-state index in [0.717, 1.165) is 12.5 Å². The average Bonchev–Trinajstić information content (AvgIpc) is 2.58. The third-order valence-electron chi connectivity index (χ3n) is 1.88. The van der Waals surface area contributed by atoms with Crippen LogP contribution in [0.1, 0.15) is 12.8 Å². The minimum Gasteiger partial charge on any atom is -0.349 e. The first kappa shape index (κ1) is 5.03. The fourth-order valence-corrected chi connectivity index (χ4v) is 1.18. The Morgan fingerprint density at radius 1 is 1.56 bits per heavy atom. The highest BCUT2D eigenvalue weighted by atomic mass is 16.1. The van der Waals surface area contributed by atoms with Gasteiger partial charge in [-0.1, -0.05) is 0 Å². The number of rotatable bonds is 1. The SMILES string of the molecule is O=C1C=C(C2CC2)CN1. The lowest BCUT2D eigenvalue weighted by molar-refractivity contribution is -0.115. The van der Waals surface area contributed by atoms with E-state index in [-0.39, 0.29) is 5.91 Å². The van der Waals surface area contributed by atoms with Gasteiger partial charge in [0.2, 0.25) is 5.91 Å². The minimum atomic E-state index is 0.0944. The van der Waals surface area contributed by atoms with Gasteiger partial charge in [0.05, 0.1) is 0 Å². The number of carbonyl (C=O) groups excluding carboxylic acids is 1. The molecule has 2 nitrogen and oxygen atoms in total. The largest absolute Gasteiger partial charge is 0.349 e. The maximum Gasteiger partial charge on any atom is 0.244 e. The van der Waals surface area contributed by atoms with Crippen LogP contribution >= 0.6 is 0 Å². The summed E-state index contributed by atoms with van der Waals surface area (Å²) >= 11 is 0. The Bertz CT molecular complexity index is 179. The molecule has 1 N–H and O–H groups in total. The second-order valence-corrected chi connectivity index (χ2v) is 2.71. The van der Waals surface area contributed by atoms with Gasteiger partial charge in [-0.15, -0.1) is 0 Å². The first-order chi connectivity index (χ1) is 4.36. The molecule has 1 fully saturated rings. The molecule has 1 heterocycles. The van der Waals surface area contributed by atoms with Crippen molar-refractivity contribution in [2.24, 2.45) is 5.92 Å². The van der Waals surface area contributed by atoms with Crippen LogP contribution < -0.4 is 5.32 Å². The molecule has 48 valence electrons. The summed E-state index contributed by atoms with van der Waals surface area (Å²) in [7, 11) is 0. The number of hydrogen-bond acceptors (Lipinski definition) is 1. The van der Waals surface area contributed by atoms with Crippen LogP contribution in [0.15, 0.2) is 11.6 Å². The topological polar surface area (TPSA) is 29.1 Å². The molecule has 0 aromatic rings. The Morgan fingerprint density at radius 2 is 2.33 bits per heavy atom. The number of amides is 1. The van der Waals surface area contributed by atoms with Crippen LogP contribution in [0.2, 0.25) is 0 Å². The van der Waals surface area contributed by atoms with Gasteiger partial charge in [-0.3, -0.25) is 4.79 Å². The molecule has 2 rings (SSSR count). The highest BCUT2D eigenvalue weighted by Crippen LogP contribution is 2.36. The van der Waals surface area contributed by atoms with Crippen molar-refractivity contribution in [1.29, 1.82) is 0 Å². The monoisotopic (exact) mass is 123 g/mol. The lowest BCUT2D eigenvalue weighted by Crippen LogP contribution is -2.15. The quantitative estimate of drug-likeness (QED) is 0.539. The highest BCUT2D eigenvalue weighted by Gasteiger charge is 2.28. The summed E-state index contributed by atoms with van der Waals surface area (Å²) in [5.41, 5.74) is 1.32. The molecule has 0 saturated heterocycles. The molecule has 0 unspecified atom stereocenters. The van der Waals surface area contributed by atoms with Crippen molar-refractivity contribution < 1.29 is 4.79 Å². The zero-order valence-electron chi connectivity index (χ0n) is 5.18. The molecule has 0 bridgehead atoms. The lowest BCUT2D eigenvalue weighted by atomic mass is 10.2. The van der Waals surface area contributed by atoms with Crippen molar-refractivity contribution in [3.05, 3.63) is 11.6 Å². The third kappa shape index (κ3) is 0.846. The van der Waals surface area contributed by atoms with Gasteiger partial charge < -0.3 is 5.32 Å². The maximum atomic E-state index is 10.6. The normalized spacial score (nSPS) is 25.8. The second kappa shape index (κ2) is 1.59. The fraction of sp³-hybridized carbons (Fsp3) is 0.571. The van der Waals surface area contributed by atoms with E-state index in [1.54, 1.807) is 6.08 Å². The van der Waals surface area contributed by atoms with Crippen LogP contribution in [0.4, 0.5) is 0 Å². The van der Waals surface area contributed by atoms with Crippen LogP contribution in [0, 0.1) is 5.92 Å². The van der Waals surface area contributed by atoms with Crippen molar-refractivity contribution in [1.82, 2.24) is 5.32 Å². The average molecular weight is 123 g/mol. The smallest absolute Gasteiger partial charge is 0.244 e. The Hall–Kier alpha value is -0.790. The Labute approximate surface area is 53.9 Å².